The van der Waals surface area contributed by atoms with E-state index in [-0.39, 0.29) is 31.1 Å². The lowest BCUT2D eigenvalue weighted by Gasteiger charge is -2.18. The van der Waals surface area contributed by atoms with Gasteiger partial charge >= 0.3 is 17.9 Å². The van der Waals surface area contributed by atoms with Crippen LogP contribution in [0, 0.1) is 5.92 Å². The van der Waals surface area contributed by atoms with E-state index < -0.39 is 6.10 Å². The minimum atomic E-state index is -0.759. The number of unbranched alkanes of at least 4 members (excludes halogenated alkanes) is 32. The molecule has 0 saturated carbocycles. The Bertz CT molecular complexity index is 841. The second-order valence-electron chi connectivity index (χ2n) is 17.6. The maximum atomic E-state index is 12.7. The summed E-state index contributed by atoms with van der Waals surface area (Å²) in [6.45, 7) is 9.01. The molecule has 0 aliphatic heterocycles. The summed E-state index contributed by atoms with van der Waals surface area (Å²) in [6.07, 6.45) is 45.1. The zero-order chi connectivity index (χ0) is 41.0. The van der Waals surface area contributed by atoms with Gasteiger partial charge in [-0.2, -0.15) is 0 Å². The summed E-state index contributed by atoms with van der Waals surface area (Å²) in [6, 6.07) is 0. The van der Waals surface area contributed by atoms with Crippen LogP contribution in [0.1, 0.15) is 278 Å². The molecule has 0 heterocycles. The van der Waals surface area contributed by atoms with Gasteiger partial charge < -0.3 is 14.2 Å². The highest BCUT2D eigenvalue weighted by molar-refractivity contribution is 5.71. The van der Waals surface area contributed by atoms with Gasteiger partial charge in [-0.05, 0) is 25.2 Å². The SMILES string of the molecule is CCCCCCCCCCCCCCCC(=O)OC[C@@H](COC(=O)CCCCCCCCCCCCCCC(C)C)OC(=O)CCCCCCCCCCCC. The van der Waals surface area contributed by atoms with Crippen molar-refractivity contribution in [3.8, 4) is 0 Å². The number of carbonyl (C=O) groups excluding carboxylic acids is 3. The van der Waals surface area contributed by atoms with Crippen LogP contribution >= 0.6 is 0 Å². The Balaban J connectivity index is 4.28. The number of hydrogen-bond acceptors (Lipinski definition) is 6. The van der Waals surface area contributed by atoms with Gasteiger partial charge in [0.2, 0.25) is 0 Å². The molecule has 0 amide bonds. The van der Waals surface area contributed by atoms with E-state index >= 15 is 0 Å². The van der Waals surface area contributed by atoms with Gasteiger partial charge in [0, 0.05) is 19.3 Å². The van der Waals surface area contributed by atoms with E-state index in [9.17, 15) is 14.4 Å². The summed E-state index contributed by atoms with van der Waals surface area (Å²) in [4.78, 5) is 37.8. The highest BCUT2D eigenvalue weighted by atomic mass is 16.6. The first-order valence-electron chi connectivity index (χ1n) is 24.9. The minimum Gasteiger partial charge on any atom is -0.462 e. The molecule has 0 unspecified atom stereocenters. The monoisotopic (exact) mass is 793 g/mol. The zero-order valence-electron chi connectivity index (χ0n) is 38.1. The highest BCUT2D eigenvalue weighted by Crippen LogP contribution is 2.17. The van der Waals surface area contributed by atoms with Crippen LogP contribution in [0.2, 0.25) is 0 Å². The first-order valence-corrected chi connectivity index (χ1v) is 24.9. The van der Waals surface area contributed by atoms with Crippen molar-refractivity contribution in [2.75, 3.05) is 13.2 Å². The van der Waals surface area contributed by atoms with E-state index in [1.165, 1.54) is 173 Å². The molecule has 0 rings (SSSR count). The number of esters is 3. The molecule has 0 aliphatic carbocycles. The summed E-state index contributed by atoms with van der Waals surface area (Å²) in [7, 11) is 0. The summed E-state index contributed by atoms with van der Waals surface area (Å²) in [5, 5.41) is 0. The van der Waals surface area contributed by atoms with E-state index in [1.54, 1.807) is 0 Å². The van der Waals surface area contributed by atoms with Crippen molar-refractivity contribution in [1.82, 2.24) is 0 Å². The quantitative estimate of drug-likeness (QED) is 0.0347. The average molecular weight is 793 g/mol. The van der Waals surface area contributed by atoms with Crippen molar-refractivity contribution >= 4 is 17.9 Å². The molecule has 0 saturated heterocycles. The first-order chi connectivity index (χ1) is 27.4. The summed E-state index contributed by atoms with van der Waals surface area (Å²) < 4.78 is 16.8. The molecule has 6 heteroatoms. The maximum Gasteiger partial charge on any atom is 0.306 e. The lowest BCUT2D eigenvalue weighted by molar-refractivity contribution is -0.167. The number of ether oxygens (including phenoxy) is 3. The van der Waals surface area contributed by atoms with Crippen LogP contribution in [-0.4, -0.2) is 37.2 Å². The van der Waals surface area contributed by atoms with Crippen LogP contribution in [0.4, 0.5) is 0 Å². The summed E-state index contributed by atoms with van der Waals surface area (Å²) >= 11 is 0. The van der Waals surface area contributed by atoms with E-state index in [4.69, 9.17) is 14.2 Å². The largest absolute Gasteiger partial charge is 0.462 e. The fraction of sp³-hybridized carbons (Fsp3) is 0.940. The number of carbonyl (C=O) groups is 3. The topological polar surface area (TPSA) is 78.9 Å². The zero-order valence-corrected chi connectivity index (χ0v) is 38.1. The van der Waals surface area contributed by atoms with Crippen molar-refractivity contribution in [1.29, 1.82) is 0 Å². The molecular formula is C50H96O6. The molecule has 0 spiro atoms. The minimum absolute atomic E-state index is 0.0630. The highest BCUT2D eigenvalue weighted by Gasteiger charge is 2.19. The van der Waals surface area contributed by atoms with E-state index in [1.807, 2.05) is 0 Å². The molecule has 0 aromatic rings. The third-order valence-corrected chi connectivity index (χ3v) is 11.3. The Morgan fingerprint density at radius 1 is 0.339 bits per heavy atom. The molecule has 0 bridgehead atoms. The maximum absolute atomic E-state index is 12.7. The fourth-order valence-electron chi connectivity index (χ4n) is 7.51. The molecule has 56 heavy (non-hydrogen) atoms. The first kappa shape index (κ1) is 54.4. The second-order valence-corrected chi connectivity index (χ2v) is 17.6. The van der Waals surface area contributed by atoms with E-state index in [0.29, 0.717) is 19.3 Å². The molecule has 0 N–H and O–H groups in total. The molecule has 0 aromatic heterocycles. The van der Waals surface area contributed by atoms with Crippen molar-refractivity contribution in [2.24, 2.45) is 5.92 Å². The standard InChI is InChI=1S/C50H96O6/c1-5-7-9-11-13-15-17-18-22-26-29-33-37-41-48(51)54-44-47(56-50(53)43-39-35-31-25-16-14-12-10-8-6-2)45-55-49(52)42-38-34-30-27-23-20-19-21-24-28-32-36-40-46(3)4/h46-47H,5-45H2,1-4H3/t47-/m0/s1. The predicted molar refractivity (Wildman–Crippen MR) is 238 cm³/mol. The summed E-state index contributed by atoms with van der Waals surface area (Å²) in [5.41, 5.74) is 0. The van der Waals surface area contributed by atoms with Crippen molar-refractivity contribution in [3.63, 3.8) is 0 Å². The molecule has 0 fully saturated rings. The van der Waals surface area contributed by atoms with Gasteiger partial charge in [-0.15, -0.1) is 0 Å². The molecule has 0 aliphatic rings. The van der Waals surface area contributed by atoms with Gasteiger partial charge in [-0.25, -0.2) is 0 Å². The Labute approximate surface area is 348 Å². The Hall–Kier alpha value is -1.59. The van der Waals surface area contributed by atoms with Gasteiger partial charge in [-0.1, -0.05) is 240 Å². The smallest absolute Gasteiger partial charge is 0.306 e. The fourth-order valence-corrected chi connectivity index (χ4v) is 7.51. The molecular weight excluding hydrogens is 697 g/mol. The van der Waals surface area contributed by atoms with Gasteiger partial charge in [-0.3, -0.25) is 14.4 Å². The lowest BCUT2D eigenvalue weighted by Crippen LogP contribution is -2.30. The normalized spacial score (nSPS) is 11.9. The van der Waals surface area contributed by atoms with Crippen LogP contribution in [-0.2, 0) is 28.6 Å². The second kappa shape index (κ2) is 44.5. The van der Waals surface area contributed by atoms with Crippen LogP contribution < -0.4 is 0 Å². The van der Waals surface area contributed by atoms with E-state index in [0.717, 1.165) is 63.7 Å². The van der Waals surface area contributed by atoms with Crippen molar-refractivity contribution < 1.29 is 28.6 Å². The molecule has 1 atom stereocenters. The third kappa shape index (κ3) is 43.5. The van der Waals surface area contributed by atoms with Crippen molar-refractivity contribution in [2.45, 2.75) is 284 Å². The molecule has 0 radical (unpaired) electrons. The lowest BCUT2D eigenvalue weighted by atomic mass is 10.0. The molecule has 0 aromatic carbocycles. The number of rotatable bonds is 45. The van der Waals surface area contributed by atoms with Crippen LogP contribution in [0.5, 0.6) is 0 Å². The molecule has 6 nitrogen and oxygen atoms in total. The third-order valence-electron chi connectivity index (χ3n) is 11.3. The Morgan fingerprint density at radius 3 is 0.875 bits per heavy atom. The Morgan fingerprint density at radius 2 is 0.589 bits per heavy atom. The van der Waals surface area contributed by atoms with Gasteiger partial charge in [0.1, 0.15) is 13.2 Å². The van der Waals surface area contributed by atoms with Crippen LogP contribution in [0.25, 0.3) is 0 Å². The summed E-state index contributed by atoms with van der Waals surface area (Å²) in [5.74, 6) is -0.0145. The Kier molecular flexibility index (Phi) is 43.2. The van der Waals surface area contributed by atoms with Gasteiger partial charge in [0.25, 0.3) is 0 Å². The average Bonchev–Trinajstić information content (AvgIpc) is 3.18. The van der Waals surface area contributed by atoms with Crippen molar-refractivity contribution in [3.05, 3.63) is 0 Å². The van der Waals surface area contributed by atoms with Gasteiger partial charge in [0.05, 0.1) is 0 Å². The van der Waals surface area contributed by atoms with Gasteiger partial charge in [0.15, 0.2) is 6.10 Å². The predicted octanol–water partition coefficient (Wildman–Crippen LogP) is 15.9. The molecule has 332 valence electrons. The number of hydrogen-bond donors (Lipinski definition) is 0. The van der Waals surface area contributed by atoms with E-state index in [2.05, 4.69) is 27.7 Å². The van der Waals surface area contributed by atoms with Crippen LogP contribution in [0.15, 0.2) is 0 Å². The van der Waals surface area contributed by atoms with Crippen LogP contribution in [0.3, 0.4) is 0 Å².